The van der Waals surface area contributed by atoms with E-state index >= 15 is 0 Å². The van der Waals surface area contributed by atoms with Gasteiger partial charge < -0.3 is 20.2 Å². The van der Waals surface area contributed by atoms with Crippen LogP contribution in [0.25, 0.3) is 0 Å². The van der Waals surface area contributed by atoms with E-state index in [1.807, 2.05) is 45.0 Å². The largest absolute Gasteiger partial charge is 0.400 e. The van der Waals surface area contributed by atoms with E-state index in [2.05, 4.69) is 49.9 Å². The summed E-state index contributed by atoms with van der Waals surface area (Å²) >= 11 is 0. The molecule has 0 bridgehead atoms. The number of aliphatic hydroxyl groups excluding tert-OH is 1. The number of anilines is 1. The van der Waals surface area contributed by atoms with E-state index < -0.39 is 0 Å². The first-order valence-electron chi connectivity index (χ1n) is 14.2. The van der Waals surface area contributed by atoms with E-state index in [1.54, 1.807) is 6.20 Å². The van der Waals surface area contributed by atoms with E-state index in [0.29, 0.717) is 24.3 Å². The maximum atomic E-state index is 12.0. The number of carbonyl (C=O) groups excluding carboxylic acids is 1. The standard InChI is InChI=1S/C21H36N6O.C8H7N.CH4O/c1-5-17-15-26(12-13-27(17)18-8-10-25(7-3)11-9-18)20-16(4)24-19(14-23-20)21(28)22-6-2;1-7-2-4-8(6-9)5-3-7;1-2/h14,17-18H,5-13,15H2,1-4H3,(H,22,28);2-5H,1H3;2H,1H3. The average molecular weight is 538 g/mol. The van der Waals surface area contributed by atoms with E-state index in [0.717, 1.165) is 50.2 Å². The van der Waals surface area contributed by atoms with Gasteiger partial charge in [0.15, 0.2) is 0 Å². The molecule has 0 saturated carbocycles. The first-order chi connectivity index (χ1) is 18.9. The summed E-state index contributed by atoms with van der Waals surface area (Å²) in [7, 11) is 1.00. The summed E-state index contributed by atoms with van der Waals surface area (Å²) in [6.45, 7) is 17.7. The molecule has 1 aromatic carbocycles. The number of hydrogen-bond acceptors (Lipinski definition) is 8. The molecule has 0 aliphatic carbocycles. The van der Waals surface area contributed by atoms with E-state index in [1.165, 1.54) is 38.0 Å². The van der Waals surface area contributed by atoms with Gasteiger partial charge in [0.1, 0.15) is 11.5 Å². The molecule has 2 aliphatic heterocycles. The molecule has 2 saturated heterocycles. The molecule has 9 heteroatoms. The summed E-state index contributed by atoms with van der Waals surface area (Å²) in [5, 5.41) is 18.2. The summed E-state index contributed by atoms with van der Waals surface area (Å²) in [6, 6.07) is 10.8. The Hall–Kier alpha value is -3.06. The number of aromatic nitrogens is 2. The van der Waals surface area contributed by atoms with Crippen LogP contribution in [0.3, 0.4) is 0 Å². The number of nitriles is 1. The number of aryl methyl sites for hydroxylation is 2. The lowest BCUT2D eigenvalue weighted by atomic mass is 9.98. The molecule has 1 unspecified atom stereocenters. The maximum absolute atomic E-state index is 12.0. The Kier molecular flexibility index (Phi) is 13.9. The molecule has 2 N–H and O–H groups in total. The Balaban J connectivity index is 0.000000407. The highest BCUT2D eigenvalue weighted by atomic mass is 16.2. The minimum absolute atomic E-state index is 0.153. The smallest absolute Gasteiger partial charge is 0.271 e. The minimum atomic E-state index is -0.153. The molecular formula is C30H47N7O2. The zero-order valence-electron chi connectivity index (χ0n) is 24.7. The molecule has 3 heterocycles. The number of nitrogens with zero attached hydrogens (tertiary/aromatic N) is 6. The van der Waals surface area contributed by atoms with Gasteiger partial charge in [-0.25, -0.2) is 9.97 Å². The van der Waals surface area contributed by atoms with Crippen molar-refractivity contribution >= 4 is 11.7 Å². The fourth-order valence-electron chi connectivity index (χ4n) is 5.25. The quantitative estimate of drug-likeness (QED) is 0.577. The van der Waals surface area contributed by atoms with E-state index in [-0.39, 0.29) is 5.91 Å². The van der Waals surface area contributed by atoms with Crippen LogP contribution in [0.4, 0.5) is 5.82 Å². The number of nitrogens with one attached hydrogen (secondary N) is 1. The number of benzene rings is 1. The summed E-state index contributed by atoms with van der Waals surface area (Å²) in [5.41, 5.74) is 3.15. The first-order valence-corrected chi connectivity index (χ1v) is 14.2. The lowest BCUT2D eigenvalue weighted by Crippen LogP contribution is -2.58. The SMILES string of the molecule is CCNC(=O)c1cnc(N2CCN(C3CCN(CC)CC3)C(CC)C2)c(C)n1.CO.Cc1ccc(C#N)cc1. The number of hydrogen-bond donors (Lipinski definition) is 2. The third-order valence-corrected chi connectivity index (χ3v) is 7.44. The van der Waals surface area contributed by atoms with Crippen LogP contribution in [0.5, 0.6) is 0 Å². The number of piperazine rings is 1. The Morgan fingerprint density at radius 3 is 2.28 bits per heavy atom. The molecule has 2 aromatic rings. The highest BCUT2D eigenvalue weighted by Gasteiger charge is 2.33. The molecule has 2 fully saturated rings. The third-order valence-electron chi connectivity index (χ3n) is 7.44. The Morgan fingerprint density at radius 2 is 1.74 bits per heavy atom. The number of carbonyl (C=O) groups is 1. The summed E-state index contributed by atoms with van der Waals surface area (Å²) in [6.07, 6.45) is 5.32. The molecule has 4 rings (SSSR count). The van der Waals surface area contributed by atoms with Crippen LogP contribution >= 0.6 is 0 Å². The van der Waals surface area contributed by atoms with Crippen LogP contribution in [0.1, 0.15) is 67.3 Å². The van der Waals surface area contributed by atoms with Gasteiger partial charge in [-0.15, -0.1) is 0 Å². The molecule has 39 heavy (non-hydrogen) atoms. The monoisotopic (exact) mass is 537 g/mol. The van der Waals surface area contributed by atoms with E-state index in [4.69, 9.17) is 10.4 Å². The van der Waals surface area contributed by atoms with Gasteiger partial charge in [-0.05, 0) is 71.8 Å². The second-order valence-electron chi connectivity index (χ2n) is 9.91. The van der Waals surface area contributed by atoms with Gasteiger partial charge in [-0.2, -0.15) is 5.26 Å². The van der Waals surface area contributed by atoms with Gasteiger partial charge in [0, 0.05) is 45.4 Å². The minimum Gasteiger partial charge on any atom is -0.400 e. The molecule has 1 aromatic heterocycles. The van der Waals surface area contributed by atoms with Gasteiger partial charge >= 0.3 is 0 Å². The summed E-state index contributed by atoms with van der Waals surface area (Å²) in [5.74, 6) is 0.770. The highest BCUT2D eigenvalue weighted by Crippen LogP contribution is 2.26. The molecule has 0 radical (unpaired) electrons. The van der Waals surface area contributed by atoms with Crippen molar-refractivity contribution < 1.29 is 9.90 Å². The fraction of sp³-hybridized carbons (Fsp3) is 0.600. The normalized spacial score (nSPS) is 18.2. The van der Waals surface area contributed by atoms with Crippen LogP contribution in [0, 0.1) is 25.2 Å². The van der Waals surface area contributed by atoms with Crippen LogP contribution in [0.15, 0.2) is 30.5 Å². The van der Waals surface area contributed by atoms with Crippen LogP contribution in [-0.2, 0) is 0 Å². The molecule has 2 aliphatic rings. The Labute approximate surface area is 234 Å². The van der Waals surface area contributed by atoms with Gasteiger partial charge in [0.25, 0.3) is 5.91 Å². The lowest BCUT2D eigenvalue weighted by molar-refractivity contribution is 0.0647. The van der Waals surface area contributed by atoms with Gasteiger partial charge in [0.2, 0.25) is 0 Å². The zero-order valence-corrected chi connectivity index (χ0v) is 24.7. The number of likely N-dealkylation sites (tertiary alicyclic amines) is 1. The van der Waals surface area contributed by atoms with Crippen molar-refractivity contribution in [3.63, 3.8) is 0 Å². The third kappa shape index (κ3) is 9.27. The second kappa shape index (κ2) is 16.8. The number of aliphatic hydroxyl groups is 1. The predicted molar refractivity (Wildman–Crippen MR) is 157 cm³/mol. The number of piperidine rings is 1. The number of amides is 1. The Morgan fingerprint density at radius 1 is 1.08 bits per heavy atom. The fourth-order valence-corrected chi connectivity index (χ4v) is 5.25. The zero-order chi connectivity index (χ0) is 28.8. The van der Waals surface area contributed by atoms with Gasteiger partial charge in [-0.1, -0.05) is 31.5 Å². The molecule has 0 spiro atoms. The maximum Gasteiger partial charge on any atom is 0.271 e. The predicted octanol–water partition coefficient (Wildman–Crippen LogP) is 3.39. The Bertz CT molecular complexity index is 1050. The highest BCUT2D eigenvalue weighted by molar-refractivity contribution is 5.92. The van der Waals surface area contributed by atoms with Crippen molar-refractivity contribution in [2.75, 3.05) is 57.8 Å². The van der Waals surface area contributed by atoms with Crippen molar-refractivity contribution in [2.45, 2.75) is 66.0 Å². The molecule has 214 valence electrons. The average Bonchev–Trinajstić information content (AvgIpc) is 2.98. The molecule has 1 atom stereocenters. The summed E-state index contributed by atoms with van der Waals surface area (Å²) < 4.78 is 0. The summed E-state index contributed by atoms with van der Waals surface area (Å²) in [4.78, 5) is 28.8. The van der Waals surface area contributed by atoms with Crippen molar-refractivity contribution in [2.24, 2.45) is 0 Å². The van der Waals surface area contributed by atoms with Crippen molar-refractivity contribution in [3.8, 4) is 6.07 Å². The van der Waals surface area contributed by atoms with Crippen LogP contribution in [-0.4, -0.2) is 95.8 Å². The lowest BCUT2D eigenvalue weighted by Gasteiger charge is -2.47. The second-order valence-corrected chi connectivity index (χ2v) is 9.91. The van der Waals surface area contributed by atoms with Gasteiger partial charge in [-0.3, -0.25) is 9.69 Å². The van der Waals surface area contributed by atoms with Crippen molar-refractivity contribution in [3.05, 3.63) is 53.0 Å². The molecular weight excluding hydrogens is 490 g/mol. The van der Waals surface area contributed by atoms with Crippen LogP contribution in [0.2, 0.25) is 0 Å². The van der Waals surface area contributed by atoms with Crippen LogP contribution < -0.4 is 10.2 Å². The molecule has 1 amide bonds. The number of rotatable bonds is 6. The van der Waals surface area contributed by atoms with Crippen molar-refractivity contribution in [1.82, 2.24) is 25.1 Å². The van der Waals surface area contributed by atoms with E-state index in [9.17, 15) is 4.79 Å². The topological polar surface area (TPSA) is 109 Å². The first kappa shape index (κ1) is 32.2. The van der Waals surface area contributed by atoms with Gasteiger partial charge in [0.05, 0.1) is 23.5 Å². The molecule has 9 nitrogen and oxygen atoms in total. The van der Waals surface area contributed by atoms with Crippen molar-refractivity contribution in [1.29, 1.82) is 5.26 Å².